The summed E-state index contributed by atoms with van der Waals surface area (Å²) >= 11 is 15.1. The third kappa shape index (κ3) is 3.23. The number of carbonyl (C=O) groups excluding carboxylic acids is 1. The number of nitrogens with one attached hydrogen (secondary N) is 1. The highest BCUT2D eigenvalue weighted by atomic mass is 79.9. The number of aryl methyl sites for hydroxylation is 1. The molecule has 0 atom stereocenters. The summed E-state index contributed by atoms with van der Waals surface area (Å²) in [4.78, 5) is 16.2. The molecule has 1 amide bonds. The fourth-order valence-electron chi connectivity index (χ4n) is 1.64. The van der Waals surface area contributed by atoms with Gasteiger partial charge in [0.1, 0.15) is 5.15 Å². The largest absolute Gasteiger partial charge is 0.399 e. The molecule has 0 saturated carbocycles. The minimum Gasteiger partial charge on any atom is -0.399 e. The van der Waals surface area contributed by atoms with Crippen LogP contribution in [0, 0.1) is 6.92 Å². The molecule has 0 spiro atoms. The number of benzene rings is 1. The number of aromatic nitrogens is 1. The topological polar surface area (TPSA) is 68.0 Å². The summed E-state index contributed by atoms with van der Waals surface area (Å²) in [5, 5.41) is 3.13. The molecule has 0 radical (unpaired) electrons. The van der Waals surface area contributed by atoms with E-state index in [1.54, 1.807) is 31.2 Å². The van der Waals surface area contributed by atoms with Crippen molar-refractivity contribution in [1.29, 1.82) is 0 Å². The zero-order valence-electron chi connectivity index (χ0n) is 10.4. The Kier molecular flexibility index (Phi) is 4.52. The Hall–Kier alpha value is -1.30. The van der Waals surface area contributed by atoms with Crippen LogP contribution in [0.2, 0.25) is 10.3 Å². The molecule has 0 bridgehead atoms. The van der Waals surface area contributed by atoms with Gasteiger partial charge >= 0.3 is 0 Å². The second-order valence-electron chi connectivity index (χ2n) is 4.12. The molecule has 0 unspecified atom stereocenters. The minimum absolute atomic E-state index is 0.142. The number of hydrogen-bond acceptors (Lipinski definition) is 3. The van der Waals surface area contributed by atoms with E-state index in [9.17, 15) is 4.79 Å². The van der Waals surface area contributed by atoms with E-state index in [1.807, 2.05) is 0 Å². The monoisotopic (exact) mass is 373 g/mol. The summed E-state index contributed by atoms with van der Waals surface area (Å²) in [5.74, 6) is -0.335. The van der Waals surface area contributed by atoms with Gasteiger partial charge in [0, 0.05) is 10.2 Å². The predicted molar refractivity (Wildman–Crippen MR) is 85.5 cm³/mol. The van der Waals surface area contributed by atoms with E-state index in [0.29, 0.717) is 21.4 Å². The zero-order valence-corrected chi connectivity index (χ0v) is 13.5. The molecule has 2 aromatic rings. The van der Waals surface area contributed by atoms with Gasteiger partial charge in [-0.3, -0.25) is 4.79 Å². The Balaban J connectivity index is 2.35. The summed E-state index contributed by atoms with van der Waals surface area (Å²) < 4.78 is 0.639. The highest BCUT2D eigenvalue weighted by Gasteiger charge is 2.15. The van der Waals surface area contributed by atoms with Crippen LogP contribution >= 0.6 is 39.1 Å². The predicted octanol–water partition coefficient (Wildman–Crippen LogP) is 4.29. The first kappa shape index (κ1) is 15.1. The van der Waals surface area contributed by atoms with Gasteiger partial charge in [0.2, 0.25) is 0 Å². The van der Waals surface area contributed by atoms with Crippen LogP contribution in [0.3, 0.4) is 0 Å². The second-order valence-corrected chi connectivity index (χ2v) is 5.72. The molecule has 20 heavy (non-hydrogen) atoms. The van der Waals surface area contributed by atoms with Crippen molar-refractivity contribution in [2.45, 2.75) is 6.92 Å². The van der Waals surface area contributed by atoms with Crippen LogP contribution in [-0.4, -0.2) is 10.9 Å². The second kappa shape index (κ2) is 5.99. The van der Waals surface area contributed by atoms with Crippen molar-refractivity contribution in [3.8, 4) is 0 Å². The van der Waals surface area contributed by atoms with Crippen LogP contribution in [0.5, 0.6) is 0 Å². The molecule has 0 aliphatic rings. The fraction of sp³-hybridized carbons (Fsp3) is 0.0769. The quantitative estimate of drug-likeness (QED) is 0.608. The van der Waals surface area contributed by atoms with Gasteiger partial charge in [0.05, 0.1) is 11.3 Å². The van der Waals surface area contributed by atoms with Crippen LogP contribution in [0.1, 0.15) is 15.9 Å². The number of anilines is 2. The van der Waals surface area contributed by atoms with Crippen LogP contribution < -0.4 is 11.1 Å². The van der Waals surface area contributed by atoms with Gasteiger partial charge in [-0.15, -0.1) is 0 Å². The van der Waals surface area contributed by atoms with E-state index in [1.165, 1.54) is 0 Å². The molecule has 4 nitrogen and oxygen atoms in total. The first-order valence-electron chi connectivity index (χ1n) is 5.57. The van der Waals surface area contributed by atoms with E-state index in [-0.39, 0.29) is 16.2 Å². The Morgan fingerprint density at radius 3 is 2.70 bits per heavy atom. The number of nitrogens with zero attached hydrogens (tertiary/aromatic N) is 1. The molecule has 2 rings (SSSR count). The molecule has 1 heterocycles. The van der Waals surface area contributed by atoms with Gasteiger partial charge in [0.15, 0.2) is 5.15 Å². The van der Waals surface area contributed by atoms with Crippen LogP contribution in [-0.2, 0) is 0 Å². The lowest BCUT2D eigenvalue weighted by Gasteiger charge is -2.11. The molecule has 0 fully saturated rings. The van der Waals surface area contributed by atoms with Crippen molar-refractivity contribution in [3.63, 3.8) is 0 Å². The van der Waals surface area contributed by atoms with E-state index in [2.05, 4.69) is 26.2 Å². The Bertz CT molecular complexity index is 668. The number of nitrogen functional groups attached to an aromatic ring is 1. The molecule has 1 aromatic carbocycles. The molecule has 0 aliphatic carbocycles. The number of nitrogens with two attached hydrogens (primary N) is 1. The molecular weight excluding hydrogens is 365 g/mol. The van der Waals surface area contributed by atoms with Crippen molar-refractivity contribution in [3.05, 3.63) is 50.2 Å². The first-order chi connectivity index (χ1) is 9.38. The summed E-state index contributed by atoms with van der Waals surface area (Å²) in [6, 6.07) is 6.60. The molecule has 1 aromatic heterocycles. The third-order valence-corrected chi connectivity index (χ3v) is 3.77. The summed E-state index contributed by atoms with van der Waals surface area (Å²) in [7, 11) is 0. The summed E-state index contributed by atoms with van der Waals surface area (Å²) in [6.45, 7) is 1.78. The van der Waals surface area contributed by atoms with Crippen molar-refractivity contribution in [2.75, 3.05) is 11.1 Å². The number of hydrogen-bond donors (Lipinski definition) is 2. The molecular formula is C13H10BrCl2N3O. The minimum atomic E-state index is -0.335. The van der Waals surface area contributed by atoms with Crippen molar-refractivity contribution < 1.29 is 4.79 Å². The molecule has 0 saturated heterocycles. The van der Waals surface area contributed by atoms with E-state index in [4.69, 9.17) is 28.9 Å². The zero-order chi connectivity index (χ0) is 14.9. The Morgan fingerprint density at radius 2 is 2.05 bits per heavy atom. The maximum Gasteiger partial charge on any atom is 0.256 e. The highest BCUT2D eigenvalue weighted by Crippen LogP contribution is 2.28. The average Bonchev–Trinajstić information content (AvgIpc) is 2.36. The number of amides is 1. The van der Waals surface area contributed by atoms with Crippen molar-refractivity contribution in [2.24, 2.45) is 0 Å². The van der Waals surface area contributed by atoms with Crippen molar-refractivity contribution in [1.82, 2.24) is 4.98 Å². The number of pyridine rings is 1. The number of rotatable bonds is 2. The van der Waals surface area contributed by atoms with E-state index in [0.717, 1.165) is 5.56 Å². The van der Waals surface area contributed by atoms with Crippen LogP contribution in [0.4, 0.5) is 11.4 Å². The maximum absolute atomic E-state index is 12.3. The first-order valence-corrected chi connectivity index (χ1v) is 7.12. The fourth-order valence-corrected chi connectivity index (χ4v) is 2.65. The number of halogens is 3. The lowest BCUT2D eigenvalue weighted by atomic mass is 10.1. The van der Waals surface area contributed by atoms with Gasteiger partial charge in [-0.1, -0.05) is 23.2 Å². The van der Waals surface area contributed by atoms with Gasteiger partial charge in [0.25, 0.3) is 5.91 Å². The van der Waals surface area contributed by atoms with Crippen LogP contribution in [0.15, 0.2) is 28.7 Å². The van der Waals surface area contributed by atoms with Gasteiger partial charge < -0.3 is 11.1 Å². The average molecular weight is 375 g/mol. The van der Waals surface area contributed by atoms with Gasteiger partial charge in [-0.2, -0.15) is 0 Å². The standard InChI is InChI=1S/C13H10BrCl2N3O/c1-6-4-10(15)18-12(16)11(6)19-13(20)8-5-7(17)2-3-9(8)14/h2-5H,17H2,1H3,(H,19,20). The SMILES string of the molecule is Cc1cc(Cl)nc(Cl)c1NC(=O)c1cc(N)ccc1Br. The molecule has 7 heteroatoms. The van der Waals surface area contributed by atoms with E-state index < -0.39 is 0 Å². The lowest BCUT2D eigenvalue weighted by Crippen LogP contribution is -2.14. The normalized spacial score (nSPS) is 10.4. The highest BCUT2D eigenvalue weighted by molar-refractivity contribution is 9.10. The molecule has 0 aliphatic heterocycles. The smallest absolute Gasteiger partial charge is 0.256 e. The summed E-state index contributed by atoms with van der Waals surface area (Å²) in [6.07, 6.45) is 0. The van der Waals surface area contributed by atoms with Gasteiger partial charge in [-0.25, -0.2) is 4.98 Å². The molecule has 3 N–H and O–H groups in total. The number of carbonyl (C=O) groups is 1. The van der Waals surface area contributed by atoms with Gasteiger partial charge in [-0.05, 0) is 52.7 Å². The summed E-state index contributed by atoms with van der Waals surface area (Å²) in [5.41, 5.74) is 7.74. The maximum atomic E-state index is 12.3. The van der Waals surface area contributed by atoms with Crippen LogP contribution in [0.25, 0.3) is 0 Å². The third-order valence-electron chi connectivity index (χ3n) is 2.61. The van der Waals surface area contributed by atoms with E-state index >= 15 is 0 Å². The Morgan fingerprint density at radius 1 is 1.35 bits per heavy atom. The lowest BCUT2D eigenvalue weighted by molar-refractivity contribution is 0.102. The van der Waals surface area contributed by atoms with Crippen molar-refractivity contribution >= 4 is 56.4 Å². The Labute approximate surface area is 134 Å². The molecule has 104 valence electrons.